The number of hydrogen-bond donors (Lipinski definition) is 2. The van der Waals surface area contributed by atoms with E-state index in [1.54, 1.807) is 30.3 Å². The Balaban J connectivity index is 0.00000264. The molecule has 2 N–H and O–H groups in total. The van der Waals surface area contributed by atoms with Gasteiger partial charge in [0.1, 0.15) is 12.6 Å². The van der Waals surface area contributed by atoms with Crippen LogP contribution in [0, 0.1) is 0 Å². The Labute approximate surface area is 141 Å². The molecular formula is C17H19NO4S. The van der Waals surface area contributed by atoms with Crippen LogP contribution in [0.5, 0.6) is 0 Å². The molecule has 0 aliphatic rings. The molecule has 23 heavy (non-hydrogen) atoms. The van der Waals surface area contributed by atoms with Gasteiger partial charge in [0.2, 0.25) is 0 Å². The third-order valence-corrected chi connectivity index (χ3v) is 3.06. The van der Waals surface area contributed by atoms with Gasteiger partial charge in [0.25, 0.3) is 0 Å². The Bertz CT molecular complexity index is 619. The largest absolute Gasteiger partial charge is 0.445 e. The van der Waals surface area contributed by atoms with Gasteiger partial charge in [-0.2, -0.15) is 13.5 Å². The highest BCUT2D eigenvalue weighted by Crippen LogP contribution is 2.05. The standard InChI is InChI=1S/C17H17NO4.H2S/c19-11-15(16(20)14-9-5-2-6-10-14)18-17(21)22-12-13-7-3-1-4-8-13;/h1-10,15,19H,11-12H2,(H,18,21);1H2/t15-;/m0./s1. The van der Waals surface area contributed by atoms with E-state index in [4.69, 9.17) is 4.74 Å². The number of amides is 1. The normalized spacial score (nSPS) is 11.0. The van der Waals surface area contributed by atoms with Crippen LogP contribution < -0.4 is 5.32 Å². The van der Waals surface area contributed by atoms with Crippen LogP contribution >= 0.6 is 13.5 Å². The number of aliphatic hydroxyl groups excluding tert-OH is 1. The molecule has 122 valence electrons. The first kappa shape index (κ1) is 18.7. The molecule has 0 unspecified atom stereocenters. The lowest BCUT2D eigenvalue weighted by Crippen LogP contribution is -2.43. The number of benzene rings is 2. The summed E-state index contributed by atoms with van der Waals surface area (Å²) in [6, 6.07) is 16.6. The number of ether oxygens (including phenoxy) is 1. The molecule has 0 saturated carbocycles. The van der Waals surface area contributed by atoms with Gasteiger partial charge >= 0.3 is 6.09 Å². The van der Waals surface area contributed by atoms with Gasteiger partial charge in [0, 0.05) is 5.56 Å². The Kier molecular flexibility index (Phi) is 7.87. The smallest absolute Gasteiger partial charge is 0.408 e. The van der Waals surface area contributed by atoms with Crippen LogP contribution in [0.4, 0.5) is 4.79 Å². The van der Waals surface area contributed by atoms with Gasteiger partial charge in [-0.3, -0.25) is 4.79 Å². The number of carbonyl (C=O) groups excluding carboxylic acids is 2. The van der Waals surface area contributed by atoms with Crippen molar-refractivity contribution in [1.29, 1.82) is 0 Å². The van der Waals surface area contributed by atoms with Crippen molar-refractivity contribution in [3.8, 4) is 0 Å². The van der Waals surface area contributed by atoms with Crippen LogP contribution in [-0.2, 0) is 11.3 Å². The van der Waals surface area contributed by atoms with Crippen molar-refractivity contribution >= 4 is 25.4 Å². The first-order valence-corrected chi connectivity index (χ1v) is 6.88. The Morgan fingerprint density at radius 1 is 1.00 bits per heavy atom. The molecule has 0 spiro atoms. The molecule has 1 atom stereocenters. The van der Waals surface area contributed by atoms with Crippen molar-refractivity contribution in [1.82, 2.24) is 5.32 Å². The molecule has 0 aliphatic heterocycles. The van der Waals surface area contributed by atoms with E-state index in [9.17, 15) is 14.7 Å². The van der Waals surface area contributed by atoms with Gasteiger partial charge in [-0.15, -0.1) is 0 Å². The molecule has 0 bridgehead atoms. The van der Waals surface area contributed by atoms with Crippen molar-refractivity contribution in [2.75, 3.05) is 6.61 Å². The first-order chi connectivity index (χ1) is 10.7. The Morgan fingerprint density at radius 2 is 1.57 bits per heavy atom. The van der Waals surface area contributed by atoms with E-state index in [2.05, 4.69) is 5.32 Å². The molecule has 0 fully saturated rings. The number of rotatable bonds is 6. The zero-order valence-electron chi connectivity index (χ0n) is 12.4. The molecular weight excluding hydrogens is 314 g/mol. The van der Waals surface area contributed by atoms with Crippen molar-refractivity contribution in [3.05, 3.63) is 71.8 Å². The van der Waals surface area contributed by atoms with Crippen molar-refractivity contribution in [3.63, 3.8) is 0 Å². The van der Waals surface area contributed by atoms with E-state index in [1.165, 1.54) is 0 Å². The first-order valence-electron chi connectivity index (χ1n) is 6.88. The minimum Gasteiger partial charge on any atom is -0.445 e. The molecule has 2 rings (SSSR count). The average molecular weight is 333 g/mol. The van der Waals surface area contributed by atoms with Crippen molar-refractivity contribution < 1.29 is 19.4 Å². The quantitative estimate of drug-likeness (QED) is 0.795. The van der Waals surface area contributed by atoms with Crippen LogP contribution in [0.3, 0.4) is 0 Å². The molecule has 0 heterocycles. The molecule has 0 saturated heterocycles. The van der Waals surface area contributed by atoms with Crippen LogP contribution in [0.25, 0.3) is 0 Å². The van der Waals surface area contributed by atoms with Crippen LogP contribution in [0.15, 0.2) is 60.7 Å². The van der Waals surface area contributed by atoms with Crippen molar-refractivity contribution in [2.24, 2.45) is 0 Å². The molecule has 0 aliphatic carbocycles. The van der Waals surface area contributed by atoms with Gasteiger partial charge in [0.15, 0.2) is 5.78 Å². The summed E-state index contributed by atoms with van der Waals surface area (Å²) in [6.07, 6.45) is -0.743. The summed E-state index contributed by atoms with van der Waals surface area (Å²) < 4.78 is 5.03. The maximum absolute atomic E-state index is 12.2. The number of ketones is 1. The highest BCUT2D eigenvalue weighted by atomic mass is 32.1. The molecule has 6 heteroatoms. The number of alkyl carbamates (subject to hydrolysis) is 1. The van der Waals surface area contributed by atoms with Gasteiger partial charge < -0.3 is 15.2 Å². The second kappa shape index (κ2) is 9.66. The minimum atomic E-state index is -1.02. The third kappa shape index (κ3) is 5.77. The van der Waals surface area contributed by atoms with E-state index in [-0.39, 0.29) is 25.9 Å². The topological polar surface area (TPSA) is 75.6 Å². The minimum absolute atomic E-state index is 0. The highest BCUT2D eigenvalue weighted by Gasteiger charge is 2.21. The molecule has 2 aromatic carbocycles. The fourth-order valence-corrected chi connectivity index (χ4v) is 1.90. The van der Waals surface area contributed by atoms with Crippen LogP contribution in [0.1, 0.15) is 15.9 Å². The summed E-state index contributed by atoms with van der Waals surface area (Å²) in [5, 5.41) is 11.7. The summed E-state index contributed by atoms with van der Waals surface area (Å²) in [5.41, 5.74) is 1.26. The zero-order chi connectivity index (χ0) is 15.8. The lowest BCUT2D eigenvalue weighted by Gasteiger charge is -2.15. The summed E-state index contributed by atoms with van der Waals surface area (Å²) in [6.45, 7) is -0.390. The number of nitrogens with one attached hydrogen (secondary N) is 1. The van der Waals surface area contributed by atoms with Gasteiger partial charge in [-0.05, 0) is 5.56 Å². The maximum atomic E-state index is 12.2. The Hall–Kier alpha value is -2.31. The summed E-state index contributed by atoms with van der Waals surface area (Å²) in [5.74, 6) is -0.361. The van der Waals surface area contributed by atoms with E-state index >= 15 is 0 Å². The van der Waals surface area contributed by atoms with E-state index in [1.807, 2.05) is 30.3 Å². The number of carbonyl (C=O) groups is 2. The predicted molar refractivity (Wildman–Crippen MR) is 91.8 cm³/mol. The molecule has 5 nitrogen and oxygen atoms in total. The van der Waals surface area contributed by atoms with E-state index in [0.29, 0.717) is 5.56 Å². The van der Waals surface area contributed by atoms with Gasteiger partial charge in [-0.1, -0.05) is 60.7 Å². The lowest BCUT2D eigenvalue weighted by atomic mass is 10.1. The number of Topliss-reactive ketones (excluding diaryl/α,β-unsaturated/α-hetero) is 1. The average Bonchev–Trinajstić information content (AvgIpc) is 2.59. The van der Waals surface area contributed by atoms with Gasteiger partial charge in [-0.25, -0.2) is 4.79 Å². The highest BCUT2D eigenvalue weighted by molar-refractivity contribution is 7.59. The predicted octanol–water partition coefficient (Wildman–Crippen LogP) is 2.27. The van der Waals surface area contributed by atoms with Crippen LogP contribution in [-0.4, -0.2) is 29.6 Å². The SMILES string of the molecule is O=C(N[C@@H](CO)C(=O)c1ccccc1)OCc1ccccc1.S. The summed E-state index contributed by atoms with van der Waals surface area (Å²) in [4.78, 5) is 23.9. The monoisotopic (exact) mass is 333 g/mol. The number of hydrogen-bond acceptors (Lipinski definition) is 4. The maximum Gasteiger partial charge on any atom is 0.408 e. The molecule has 0 radical (unpaired) electrons. The second-order valence-corrected chi connectivity index (χ2v) is 4.67. The van der Waals surface area contributed by atoms with Crippen molar-refractivity contribution in [2.45, 2.75) is 12.6 Å². The van der Waals surface area contributed by atoms with Crippen LogP contribution in [0.2, 0.25) is 0 Å². The molecule has 0 aromatic heterocycles. The van der Waals surface area contributed by atoms with E-state index in [0.717, 1.165) is 5.56 Å². The molecule has 2 aromatic rings. The number of aliphatic hydroxyl groups is 1. The molecule has 1 amide bonds. The fraction of sp³-hybridized carbons (Fsp3) is 0.176. The zero-order valence-corrected chi connectivity index (χ0v) is 13.4. The Morgan fingerprint density at radius 3 is 2.13 bits per heavy atom. The fourth-order valence-electron chi connectivity index (χ4n) is 1.90. The lowest BCUT2D eigenvalue weighted by molar-refractivity contribution is 0.0864. The summed E-state index contributed by atoms with van der Waals surface area (Å²) >= 11 is 0. The van der Waals surface area contributed by atoms with Gasteiger partial charge in [0.05, 0.1) is 6.61 Å². The third-order valence-electron chi connectivity index (χ3n) is 3.06. The van der Waals surface area contributed by atoms with E-state index < -0.39 is 18.7 Å². The summed E-state index contributed by atoms with van der Waals surface area (Å²) in [7, 11) is 0. The second-order valence-electron chi connectivity index (χ2n) is 4.67.